The van der Waals surface area contributed by atoms with Crippen molar-refractivity contribution < 1.29 is 27.8 Å². The van der Waals surface area contributed by atoms with Crippen molar-refractivity contribution in [3.63, 3.8) is 0 Å². The molecule has 0 aliphatic rings. The van der Waals surface area contributed by atoms with Gasteiger partial charge in [-0.25, -0.2) is 4.79 Å². The summed E-state index contributed by atoms with van der Waals surface area (Å²) in [5.41, 5.74) is -1.48. The highest BCUT2D eigenvalue weighted by Crippen LogP contribution is 2.35. The summed E-state index contributed by atoms with van der Waals surface area (Å²) < 4.78 is 42.0. The second-order valence-corrected chi connectivity index (χ2v) is 4.23. The van der Waals surface area contributed by atoms with Gasteiger partial charge >= 0.3 is 12.1 Å². The molecular formula is C10H8F3IO3. The maximum absolute atomic E-state index is 12.5. The molecule has 0 spiro atoms. The van der Waals surface area contributed by atoms with Crippen LogP contribution < -0.4 is 0 Å². The van der Waals surface area contributed by atoms with Gasteiger partial charge in [-0.05, 0) is 41.6 Å². The van der Waals surface area contributed by atoms with Crippen molar-refractivity contribution in [2.24, 2.45) is 0 Å². The van der Waals surface area contributed by atoms with E-state index in [4.69, 9.17) is 0 Å². The molecule has 0 heterocycles. The second kappa shape index (κ2) is 5.11. The zero-order valence-electron chi connectivity index (χ0n) is 8.64. The van der Waals surface area contributed by atoms with Gasteiger partial charge in [-0.1, -0.05) is 0 Å². The number of phenols is 1. The standard InChI is InChI=1S/C10H8F3IO3/c1-2-17-9(16)6-3-5(10(11,12)13)4-7(14)8(6)15/h3-4,15H,2H2,1H3. The summed E-state index contributed by atoms with van der Waals surface area (Å²) in [4.78, 5) is 11.3. The van der Waals surface area contributed by atoms with Crippen molar-refractivity contribution in [2.75, 3.05) is 6.61 Å². The molecule has 1 rings (SSSR count). The predicted octanol–water partition coefficient (Wildman–Crippen LogP) is 3.19. The molecule has 1 aromatic carbocycles. The Morgan fingerprint density at radius 3 is 2.53 bits per heavy atom. The lowest BCUT2D eigenvalue weighted by atomic mass is 10.1. The third kappa shape index (κ3) is 3.24. The summed E-state index contributed by atoms with van der Waals surface area (Å²) in [6.45, 7) is 1.54. The first kappa shape index (κ1) is 14.1. The maximum atomic E-state index is 12.5. The molecule has 0 bridgehead atoms. The average molecular weight is 360 g/mol. The van der Waals surface area contributed by atoms with Crippen LogP contribution in [-0.2, 0) is 10.9 Å². The molecule has 0 fully saturated rings. The van der Waals surface area contributed by atoms with Crippen LogP contribution in [0.5, 0.6) is 5.75 Å². The van der Waals surface area contributed by atoms with Crippen molar-refractivity contribution in [3.05, 3.63) is 26.8 Å². The van der Waals surface area contributed by atoms with Crippen LogP contribution in [0, 0.1) is 3.57 Å². The molecular weight excluding hydrogens is 352 g/mol. The fraction of sp³-hybridized carbons (Fsp3) is 0.300. The Bertz CT molecular complexity index is 443. The smallest absolute Gasteiger partial charge is 0.416 e. The van der Waals surface area contributed by atoms with Crippen LogP contribution in [0.4, 0.5) is 13.2 Å². The lowest BCUT2D eigenvalue weighted by molar-refractivity contribution is -0.137. The zero-order valence-corrected chi connectivity index (χ0v) is 10.8. The van der Waals surface area contributed by atoms with Gasteiger partial charge in [0.25, 0.3) is 0 Å². The predicted molar refractivity (Wildman–Crippen MR) is 61.8 cm³/mol. The molecule has 0 saturated carbocycles. The van der Waals surface area contributed by atoms with Crippen LogP contribution in [0.25, 0.3) is 0 Å². The van der Waals surface area contributed by atoms with Gasteiger partial charge < -0.3 is 9.84 Å². The molecule has 7 heteroatoms. The van der Waals surface area contributed by atoms with Crippen LogP contribution in [0.3, 0.4) is 0 Å². The molecule has 3 nitrogen and oxygen atoms in total. The molecule has 94 valence electrons. The van der Waals surface area contributed by atoms with Crippen molar-refractivity contribution >= 4 is 28.6 Å². The topological polar surface area (TPSA) is 46.5 Å². The molecule has 1 N–H and O–H groups in total. The molecule has 0 saturated heterocycles. The van der Waals surface area contributed by atoms with E-state index in [1.54, 1.807) is 0 Å². The first-order valence-electron chi connectivity index (χ1n) is 4.54. The first-order chi connectivity index (χ1) is 7.77. The quantitative estimate of drug-likeness (QED) is 0.651. The Kier molecular flexibility index (Phi) is 4.23. The van der Waals surface area contributed by atoms with Crippen LogP contribution in [0.15, 0.2) is 12.1 Å². The largest absolute Gasteiger partial charge is 0.506 e. The highest BCUT2D eigenvalue weighted by Gasteiger charge is 2.33. The number of halogens is 4. The maximum Gasteiger partial charge on any atom is 0.416 e. The van der Waals surface area contributed by atoms with Crippen LogP contribution in [-0.4, -0.2) is 17.7 Å². The van der Waals surface area contributed by atoms with E-state index < -0.39 is 29.0 Å². The molecule has 0 aliphatic carbocycles. The van der Waals surface area contributed by atoms with Gasteiger partial charge in [0.1, 0.15) is 11.3 Å². The molecule has 0 radical (unpaired) electrons. The van der Waals surface area contributed by atoms with Gasteiger partial charge in [0.2, 0.25) is 0 Å². The van der Waals surface area contributed by atoms with Crippen LogP contribution in [0.1, 0.15) is 22.8 Å². The minimum absolute atomic E-state index is 0.0189. The fourth-order valence-electron chi connectivity index (χ4n) is 1.13. The monoisotopic (exact) mass is 360 g/mol. The Morgan fingerprint density at radius 2 is 2.06 bits per heavy atom. The van der Waals surface area contributed by atoms with E-state index in [0.717, 1.165) is 6.07 Å². The molecule has 17 heavy (non-hydrogen) atoms. The highest BCUT2D eigenvalue weighted by molar-refractivity contribution is 14.1. The second-order valence-electron chi connectivity index (χ2n) is 3.07. The van der Waals surface area contributed by atoms with E-state index in [0.29, 0.717) is 6.07 Å². The van der Waals surface area contributed by atoms with Gasteiger partial charge in [0, 0.05) is 0 Å². The van der Waals surface area contributed by atoms with Gasteiger partial charge in [-0.15, -0.1) is 0 Å². The SMILES string of the molecule is CCOC(=O)c1cc(C(F)(F)F)cc(I)c1O. The molecule has 0 unspecified atom stereocenters. The van der Waals surface area contributed by atoms with E-state index >= 15 is 0 Å². The fourth-order valence-corrected chi connectivity index (χ4v) is 1.75. The molecule has 0 amide bonds. The number of benzene rings is 1. The number of hydrogen-bond acceptors (Lipinski definition) is 3. The normalized spacial score (nSPS) is 11.4. The van der Waals surface area contributed by atoms with E-state index in [2.05, 4.69) is 4.74 Å². The zero-order chi connectivity index (χ0) is 13.2. The average Bonchev–Trinajstić information content (AvgIpc) is 2.20. The minimum Gasteiger partial charge on any atom is -0.506 e. The molecule has 0 atom stereocenters. The Balaban J connectivity index is 3.30. The Hall–Kier alpha value is -0.990. The van der Waals surface area contributed by atoms with Crippen LogP contribution in [0.2, 0.25) is 0 Å². The van der Waals surface area contributed by atoms with Gasteiger partial charge in [-0.2, -0.15) is 13.2 Å². The summed E-state index contributed by atoms with van der Waals surface area (Å²) in [7, 11) is 0. The number of phenolic OH excluding ortho intramolecular Hbond substituents is 1. The highest BCUT2D eigenvalue weighted by atomic mass is 127. The number of ether oxygens (including phenoxy) is 1. The molecule has 0 aliphatic heterocycles. The third-order valence-electron chi connectivity index (χ3n) is 1.89. The van der Waals surface area contributed by atoms with E-state index in [9.17, 15) is 23.1 Å². The number of carbonyl (C=O) groups is 1. The van der Waals surface area contributed by atoms with E-state index in [-0.39, 0.29) is 10.2 Å². The number of carbonyl (C=O) groups excluding carboxylic acids is 1. The summed E-state index contributed by atoms with van der Waals surface area (Å²) in [6, 6.07) is 1.34. The molecule has 0 aromatic heterocycles. The summed E-state index contributed by atoms with van der Waals surface area (Å²) in [5.74, 6) is -1.48. The Morgan fingerprint density at radius 1 is 1.47 bits per heavy atom. The van der Waals surface area contributed by atoms with Gasteiger partial charge in [-0.3, -0.25) is 0 Å². The summed E-state index contributed by atoms with van der Waals surface area (Å²) >= 11 is 1.52. The lowest BCUT2D eigenvalue weighted by Gasteiger charge is -2.11. The van der Waals surface area contributed by atoms with Gasteiger partial charge in [0.15, 0.2) is 0 Å². The number of aromatic hydroxyl groups is 1. The van der Waals surface area contributed by atoms with Crippen molar-refractivity contribution in [2.45, 2.75) is 13.1 Å². The van der Waals surface area contributed by atoms with Crippen molar-refractivity contribution in [1.82, 2.24) is 0 Å². The lowest BCUT2D eigenvalue weighted by Crippen LogP contribution is -2.11. The number of esters is 1. The Labute approximate surface area is 109 Å². The summed E-state index contributed by atoms with van der Waals surface area (Å²) in [6.07, 6.45) is -4.57. The van der Waals surface area contributed by atoms with Crippen molar-refractivity contribution in [3.8, 4) is 5.75 Å². The van der Waals surface area contributed by atoms with E-state index in [1.165, 1.54) is 29.5 Å². The van der Waals surface area contributed by atoms with Crippen molar-refractivity contribution in [1.29, 1.82) is 0 Å². The third-order valence-corrected chi connectivity index (χ3v) is 2.71. The first-order valence-corrected chi connectivity index (χ1v) is 5.62. The van der Waals surface area contributed by atoms with Gasteiger partial charge in [0.05, 0.1) is 15.7 Å². The van der Waals surface area contributed by atoms with E-state index in [1.807, 2.05) is 0 Å². The molecule has 1 aromatic rings. The minimum atomic E-state index is -4.57. The number of hydrogen-bond donors (Lipinski definition) is 1. The number of alkyl halides is 3. The number of rotatable bonds is 2. The summed E-state index contributed by atoms with van der Waals surface area (Å²) in [5, 5.41) is 9.51. The van der Waals surface area contributed by atoms with Crippen LogP contribution >= 0.6 is 22.6 Å².